The molecule has 0 atom stereocenters. The maximum atomic E-state index is 12.3. The Bertz CT molecular complexity index is 1040. The van der Waals surface area contributed by atoms with Crippen molar-refractivity contribution in [2.45, 2.75) is 17.7 Å². The normalized spacial score (nSPS) is 11.8. The zero-order valence-electron chi connectivity index (χ0n) is 15.9. The van der Waals surface area contributed by atoms with E-state index in [4.69, 9.17) is 21.1 Å². The van der Waals surface area contributed by atoms with Crippen LogP contribution < -0.4 is 14.3 Å². The first kappa shape index (κ1) is 20.8. The molecular formula is C20H21ClN2O3S2. The van der Waals surface area contributed by atoms with E-state index >= 15 is 0 Å². The summed E-state index contributed by atoms with van der Waals surface area (Å²) in [6.45, 7) is 0. The number of thiazole rings is 1. The van der Waals surface area contributed by atoms with Gasteiger partial charge in [0.1, 0.15) is 21.7 Å². The minimum absolute atomic E-state index is 0.128. The van der Waals surface area contributed by atoms with Gasteiger partial charge in [-0.15, -0.1) is 11.8 Å². The van der Waals surface area contributed by atoms with Crippen molar-refractivity contribution in [3.8, 4) is 11.5 Å². The average molecular weight is 437 g/mol. The summed E-state index contributed by atoms with van der Waals surface area (Å²) in [6.07, 6.45) is 1.17. The van der Waals surface area contributed by atoms with Crippen LogP contribution in [0.3, 0.4) is 0 Å². The molecule has 0 radical (unpaired) electrons. The van der Waals surface area contributed by atoms with E-state index in [9.17, 15) is 4.79 Å². The lowest BCUT2D eigenvalue weighted by atomic mass is 10.3. The average Bonchev–Trinajstić information content (AvgIpc) is 3.02. The SMILES string of the molecule is COc1ccc(OC)c2c1sc(=NC(=O)CCCSc1ccc(Cl)cc1)n2C. The molecule has 148 valence electrons. The van der Waals surface area contributed by atoms with Gasteiger partial charge in [0.05, 0.1) is 14.2 Å². The van der Waals surface area contributed by atoms with Gasteiger partial charge in [-0.05, 0) is 48.6 Å². The fraction of sp³-hybridized carbons (Fsp3) is 0.300. The Balaban J connectivity index is 1.70. The number of hydrogen-bond donors (Lipinski definition) is 0. The second-order valence-electron chi connectivity index (χ2n) is 6.00. The van der Waals surface area contributed by atoms with Gasteiger partial charge in [0.15, 0.2) is 4.80 Å². The fourth-order valence-corrected chi connectivity index (χ4v) is 4.86. The zero-order chi connectivity index (χ0) is 20.1. The molecule has 28 heavy (non-hydrogen) atoms. The van der Waals surface area contributed by atoms with Gasteiger partial charge in [0.25, 0.3) is 0 Å². The van der Waals surface area contributed by atoms with E-state index in [0.29, 0.717) is 11.2 Å². The largest absolute Gasteiger partial charge is 0.495 e. The topological polar surface area (TPSA) is 52.8 Å². The predicted octanol–water partition coefficient (Wildman–Crippen LogP) is 4.91. The number of methoxy groups -OCH3 is 2. The quantitative estimate of drug-likeness (QED) is 0.390. The van der Waals surface area contributed by atoms with Gasteiger partial charge in [-0.2, -0.15) is 4.99 Å². The molecule has 0 unspecified atom stereocenters. The molecule has 0 N–H and O–H groups in total. The molecule has 1 aromatic heterocycles. The van der Waals surface area contributed by atoms with Crippen LogP contribution in [0.2, 0.25) is 5.02 Å². The van der Waals surface area contributed by atoms with Crippen molar-refractivity contribution in [1.29, 1.82) is 0 Å². The molecule has 2 aromatic carbocycles. The minimum Gasteiger partial charge on any atom is -0.495 e. The van der Waals surface area contributed by atoms with Crippen LogP contribution in [0.15, 0.2) is 46.3 Å². The molecule has 8 heteroatoms. The molecule has 3 aromatic rings. The number of benzene rings is 2. The van der Waals surface area contributed by atoms with Crippen LogP contribution in [0.4, 0.5) is 0 Å². The number of thioether (sulfide) groups is 1. The summed E-state index contributed by atoms with van der Waals surface area (Å²) in [5.41, 5.74) is 0.872. The Kier molecular flexibility index (Phi) is 7.04. The van der Waals surface area contributed by atoms with Crippen LogP contribution in [0.1, 0.15) is 12.8 Å². The number of carbonyl (C=O) groups excluding carboxylic acids is 1. The number of fused-ring (bicyclic) bond motifs is 1. The molecule has 0 saturated carbocycles. The fourth-order valence-electron chi connectivity index (χ4n) is 2.74. The van der Waals surface area contributed by atoms with Gasteiger partial charge in [-0.1, -0.05) is 22.9 Å². The van der Waals surface area contributed by atoms with E-state index in [2.05, 4.69) is 4.99 Å². The molecule has 0 bridgehead atoms. The molecule has 0 aliphatic carbocycles. The van der Waals surface area contributed by atoms with Crippen molar-refractivity contribution >= 4 is 50.8 Å². The first-order valence-electron chi connectivity index (χ1n) is 8.70. The minimum atomic E-state index is -0.128. The van der Waals surface area contributed by atoms with Crippen LogP contribution in [0, 0.1) is 0 Å². The summed E-state index contributed by atoms with van der Waals surface area (Å²) >= 11 is 9.02. The standard InChI is InChI=1S/C20H21ClN2O3S2/c1-23-18-15(25-2)10-11-16(26-3)19(18)28-20(23)22-17(24)5-4-12-27-14-8-6-13(21)7-9-14/h6-11H,4-5,12H2,1-3H3. The summed E-state index contributed by atoms with van der Waals surface area (Å²) < 4.78 is 13.7. The summed E-state index contributed by atoms with van der Waals surface area (Å²) in [5.74, 6) is 2.19. The molecule has 0 spiro atoms. The molecule has 0 aliphatic rings. The third kappa shape index (κ3) is 4.71. The number of amides is 1. The van der Waals surface area contributed by atoms with Crippen LogP contribution in [-0.4, -0.2) is 30.4 Å². The van der Waals surface area contributed by atoms with Gasteiger partial charge in [-0.25, -0.2) is 0 Å². The number of carbonyl (C=O) groups is 1. The van der Waals surface area contributed by atoms with Crippen molar-refractivity contribution in [2.24, 2.45) is 12.0 Å². The molecule has 0 fully saturated rings. The second kappa shape index (κ2) is 9.49. The lowest BCUT2D eigenvalue weighted by molar-refractivity contribution is -0.118. The number of aryl methyl sites for hydroxylation is 1. The first-order valence-corrected chi connectivity index (χ1v) is 10.9. The van der Waals surface area contributed by atoms with Gasteiger partial charge in [0.2, 0.25) is 5.91 Å². The smallest absolute Gasteiger partial charge is 0.248 e. The highest BCUT2D eigenvalue weighted by molar-refractivity contribution is 7.99. The number of ether oxygens (including phenoxy) is 2. The Labute approximate surface area is 177 Å². The summed E-state index contributed by atoms with van der Waals surface area (Å²) in [7, 11) is 5.13. The third-order valence-corrected chi connectivity index (χ3v) is 6.65. The molecule has 1 heterocycles. The third-order valence-electron chi connectivity index (χ3n) is 4.15. The van der Waals surface area contributed by atoms with Gasteiger partial charge in [-0.3, -0.25) is 4.79 Å². The number of aromatic nitrogens is 1. The molecule has 0 saturated heterocycles. The molecular weight excluding hydrogens is 416 g/mol. The molecule has 5 nitrogen and oxygen atoms in total. The molecule has 1 amide bonds. The maximum Gasteiger partial charge on any atom is 0.248 e. The summed E-state index contributed by atoms with van der Waals surface area (Å²) in [4.78, 5) is 18.4. The summed E-state index contributed by atoms with van der Waals surface area (Å²) in [6, 6.07) is 11.4. The summed E-state index contributed by atoms with van der Waals surface area (Å²) in [5, 5.41) is 0.725. The van der Waals surface area contributed by atoms with Crippen molar-refractivity contribution in [3.63, 3.8) is 0 Å². The number of nitrogens with zero attached hydrogens (tertiary/aromatic N) is 2. The van der Waals surface area contributed by atoms with Crippen LogP contribution in [0.25, 0.3) is 10.2 Å². The Morgan fingerprint density at radius 2 is 1.82 bits per heavy atom. The Hall–Kier alpha value is -1.96. The number of halogens is 1. The highest BCUT2D eigenvalue weighted by atomic mass is 35.5. The van der Waals surface area contributed by atoms with E-state index in [1.54, 1.807) is 26.0 Å². The molecule has 3 rings (SSSR count). The van der Waals surface area contributed by atoms with E-state index in [1.807, 2.05) is 48.0 Å². The maximum absolute atomic E-state index is 12.3. The monoisotopic (exact) mass is 436 g/mol. The predicted molar refractivity (Wildman–Crippen MR) is 116 cm³/mol. The van der Waals surface area contributed by atoms with Crippen LogP contribution in [0.5, 0.6) is 11.5 Å². The first-order chi connectivity index (χ1) is 13.5. The Morgan fingerprint density at radius 3 is 2.50 bits per heavy atom. The van der Waals surface area contributed by atoms with Gasteiger partial charge >= 0.3 is 0 Å². The van der Waals surface area contributed by atoms with Crippen molar-refractivity contribution in [2.75, 3.05) is 20.0 Å². The second-order valence-corrected chi connectivity index (χ2v) is 8.59. The lowest BCUT2D eigenvalue weighted by Crippen LogP contribution is -2.13. The van der Waals surface area contributed by atoms with E-state index in [0.717, 1.165) is 43.8 Å². The van der Waals surface area contributed by atoms with E-state index in [1.165, 1.54) is 11.3 Å². The van der Waals surface area contributed by atoms with E-state index in [-0.39, 0.29) is 5.91 Å². The highest BCUT2D eigenvalue weighted by Crippen LogP contribution is 2.34. The van der Waals surface area contributed by atoms with Crippen molar-refractivity contribution < 1.29 is 14.3 Å². The van der Waals surface area contributed by atoms with Crippen LogP contribution in [-0.2, 0) is 11.8 Å². The zero-order valence-corrected chi connectivity index (χ0v) is 18.3. The van der Waals surface area contributed by atoms with Crippen LogP contribution >= 0.6 is 34.7 Å². The number of rotatable bonds is 7. The molecule has 0 aliphatic heterocycles. The van der Waals surface area contributed by atoms with Crippen molar-refractivity contribution in [3.05, 3.63) is 46.2 Å². The Morgan fingerprint density at radius 1 is 1.14 bits per heavy atom. The lowest BCUT2D eigenvalue weighted by Gasteiger charge is -2.06. The van der Waals surface area contributed by atoms with Crippen molar-refractivity contribution in [1.82, 2.24) is 4.57 Å². The highest BCUT2D eigenvalue weighted by Gasteiger charge is 2.14. The number of hydrogen-bond acceptors (Lipinski definition) is 5. The van der Waals surface area contributed by atoms with Gasteiger partial charge in [0, 0.05) is 23.4 Å². The van der Waals surface area contributed by atoms with Gasteiger partial charge < -0.3 is 14.0 Å². The van der Waals surface area contributed by atoms with E-state index < -0.39 is 0 Å².